The summed E-state index contributed by atoms with van der Waals surface area (Å²) in [5, 5.41) is 8.78. The van der Waals surface area contributed by atoms with E-state index in [1.807, 2.05) is 42.5 Å². The fraction of sp³-hybridized carbons (Fsp3) is 0.156. The Bertz CT molecular complexity index is 1510. The summed E-state index contributed by atoms with van der Waals surface area (Å²) in [7, 11) is 0. The Morgan fingerprint density at radius 1 is 1.05 bits per heavy atom. The third-order valence-corrected chi connectivity index (χ3v) is 8.07. The first-order chi connectivity index (χ1) is 18.5. The number of carbonyl (C=O) groups excluding carboxylic acids is 1. The Balaban J connectivity index is 1.34. The molecule has 1 aliphatic rings. The average Bonchev–Trinajstić information content (AvgIpc) is 3.26. The van der Waals surface area contributed by atoms with E-state index in [1.54, 1.807) is 0 Å². The quantitative estimate of drug-likeness (QED) is 0.154. The summed E-state index contributed by atoms with van der Waals surface area (Å²) in [5.41, 5.74) is 5.11. The van der Waals surface area contributed by atoms with Crippen molar-refractivity contribution in [1.29, 1.82) is 0 Å². The molecule has 1 atom stereocenters. The number of carbonyl (C=O) groups is 1. The van der Waals surface area contributed by atoms with Crippen LogP contribution in [-0.2, 0) is 24.2 Å². The number of nitrogens with one attached hydrogen (secondary N) is 2. The van der Waals surface area contributed by atoms with E-state index in [-0.39, 0.29) is 11.4 Å². The molecule has 1 saturated heterocycles. The SMILES string of the molecule is C=CCc1cc(/C=C2\S[C@@H](Nc3ccc(CC)cc3)NC2=O)cc(Br)c1OCc1cccc2ccccc12. The van der Waals surface area contributed by atoms with Gasteiger partial charge in [0.25, 0.3) is 5.91 Å². The van der Waals surface area contributed by atoms with Crippen LogP contribution in [0.25, 0.3) is 16.8 Å². The van der Waals surface area contributed by atoms with Crippen LogP contribution in [0.5, 0.6) is 5.75 Å². The highest BCUT2D eigenvalue weighted by molar-refractivity contribution is 9.10. The van der Waals surface area contributed by atoms with Crippen LogP contribution >= 0.6 is 27.7 Å². The number of benzene rings is 4. The van der Waals surface area contributed by atoms with Crippen LogP contribution in [0.4, 0.5) is 5.69 Å². The lowest BCUT2D eigenvalue weighted by atomic mass is 10.0. The molecular weight excluding hydrogens is 556 g/mol. The van der Waals surface area contributed by atoms with Crippen molar-refractivity contribution in [3.63, 3.8) is 0 Å². The number of halogens is 1. The van der Waals surface area contributed by atoms with Gasteiger partial charge in [-0.1, -0.05) is 79.4 Å². The monoisotopic (exact) mass is 584 g/mol. The standard InChI is InChI=1S/C32H29BrN2O2S/c1-3-8-24-17-22(19-29-31(36)35-32(38-29)34-26-15-13-21(4-2)14-16-26)18-28(33)30(24)37-20-25-11-7-10-23-9-5-6-12-27(23)25/h3,5-7,9-19,32,34H,1,4,8,20H2,2H3,(H,35,36)/b29-19-/t32-/m0/s1. The number of hydrogen-bond acceptors (Lipinski definition) is 4. The molecule has 192 valence electrons. The van der Waals surface area contributed by atoms with Crippen molar-refractivity contribution >= 4 is 56.1 Å². The summed E-state index contributed by atoms with van der Waals surface area (Å²) >= 11 is 5.19. The summed E-state index contributed by atoms with van der Waals surface area (Å²) in [4.78, 5) is 13.4. The molecule has 0 radical (unpaired) electrons. The van der Waals surface area contributed by atoms with Gasteiger partial charge in [0, 0.05) is 5.69 Å². The molecule has 5 rings (SSSR count). The lowest BCUT2D eigenvalue weighted by molar-refractivity contribution is -0.116. The van der Waals surface area contributed by atoms with Gasteiger partial charge in [0.15, 0.2) is 5.50 Å². The molecule has 4 nitrogen and oxygen atoms in total. The van der Waals surface area contributed by atoms with Gasteiger partial charge in [0.1, 0.15) is 12.4 Å². The predicted molar refractivity (Wildman–Crippen MR) is 163 cm³/mol. The van der Waals surface area contributed by atoms with E-state index in [2.05, 4.69) is 88.6 Å². The number of fused-ring (bicyclic) bond motifs is 1. The highest BCUT2D eigenvalue weighted by atomic mass is 79.9. The Morgan fingerprint density at radius 3 is 2.63 bits per heavy atom. The van der Waals surface area contributed by atoms with Crippen molar-refractivity contribution < 1.29 is 9.53 Å². The number of aryl methyl sites for hydroxylation is 1. The summed E-state index contributed by atoms with van der Waals surface area (Å²) in [6.07, 6.45) is 5.44. The number of ether oxygens (including phenoxy) is 1. The van der Waals surface area contributed by atoms with Crippen LogP contribution in [0.15, 0.2) is 101 Å². The fourth-order valence-corrected chi connectivity index (χ4v) is 6.12. The number of thioether (sulfide) groups is 1. The molecule has 0 spiro atoms. The Labute approximate surface area is 236 Å². The van der Waals surface area contributed by atoms with Gasteiger partial charge in [-0.05, 0) is 92.1 Å². The van der Waals surface area contributed by atoms with Gasteiger partial charge in [0.05, 0.1) is 9.38 Å². The van der Waals surface area contributed by atoms with Gasteiger partial charge in [0.2, 0.25) is 0 Å². The Kier molecular flexibility index (Phi) is 8.20. The van der Waals surface area contributed by atoms with Crippen LogP contribution in [0.3, 0.4) is 0 Å². The van der Waals surface area contributed by atoms with Gasteiger partial charge in [-0.3, -0.25) is 4.79 Å². The maximum atomic E-state index is 12.7. The van der Waals surface area contributed by atoms with Crippen molar-refractivity contribution in [1.82, 2.24) is 5.32 Å². The van der Waals surface area contributed by atoms with Gasteiger partial charge in [-0.2, -0.15) is 0 Å². The predicted octanol–water partition coefficient (Wildman–Crippen LogP) is 8.07. The lowest BCUT2D eigenvalue weighted by Gasteiger charge is -2.15. The summed E-state index contributed by atoms with van der Waals surface area (Å²) < 4.78 is 7.20. The molecular formula is C32H29BrN2O2S. The molecule has 38 heavy (non-hydrogen) atoms. The molecule has 0 unspecified atom stereocenters. The van der Waals surface area contributed by atoms with Crippen LogP contribution in [0.2, 0.25) is 0 Å². The number of hydrogen-bond donors (Lipinski definition) is 2. The van der Waals surface area contributed by atoms with Gasteiger partial charge >= 0.3 is 0 Å². The second-order valence-corrected chi connectivity index (χ2v) is 11.1. The molecule has 0 saturated carbocycles. The molecule has 6 heteroatoms. The Morgan fingerprint density at radius 2 is 1.84 bits per heavy atom. The van der Waals surface area contributed by atoms with Crippen molar-refractivity contribution in [2.75, 3.05) is 5.32 Å². The zero-order valence-corrected chi connectivity index (χ0v) is 23.6. The van der Waals surface area contributed by atoms with Crippen molar-refractivity contribution in [2.45, 2.75) is 31.9 Å². The third-order valence-electron chi connectivity index (χ3n) is 6.45. The van der Waals surface area contributed by atoms with Gasteiger partial charge in [-0.15, -0.1) is 6.58 Å². The van der Waals surface area contributed by atoms with E-state index in [1.165, 1.54) is 28.1 Å². The molecule has 4 aromatic carbocycles. The average molecular weight is 586 g/mol. The minimum absolute atomic E-state index is 0.0876. The first kappa shape index (κ1) is 26.1. The van der Waals surface area contributed by atoms with Crippen molar-refractivity contribution in [3.8, 4) is 5.75 Å². The topological polar surface area (TPSA) is 50.4 Å². The molecule has 2 N–H and O–H groups in total. The van der Waals surface area contributed by atoms with Gasteiger partial charge in [-0.25, -0.2) is 0 Å². The zero-order valence-electron chi connectivity index (χ0n) is 21.2. The zero-order chi connectivity index (χ0) is 26.5. The normalized spacial score (nSPS) is 16.0. The smallest absolute Gasteiger partial charge is 0.260 e. The molecule has 1 aliphatic heterocycles. The molecule has 1 fully saturated rings. The van der Waals surface area contributed by atoms with E-state index in [0.29, 0.717) is 17.9 Å². The van der Waals surface area contributed by atoms with E-state index >= 15 is 0 Å². The minimum Gasteiger partial charge on any atom is -0.487 e. The number of amides is 1. The van der Waals surface area contributed by atoms with Crippen LogP contribution in [0, 0.1) is 0 Å². The summed E-state index contributed by atoms with van der Waals surface area (Å²) in [6, 6.07) is 26.9. The largest absolute Gasteiger partial charge is 0.487 e. The highest BCUT2D eigenvalue weighted by Crippen LogP contribution is 2.36. The van der Waals surface area contributed by atoms with E-state index < -0.39 is 0 Å². The molecule has 0 bridgehead atoms. The van der Waals surface area contributed by atoms with Crippen LogP contribution in [-0.4, -0.2) is 11.4 Å². The molecule has 0 aliphatic carbocycles. The van der Waals surface area contributed by atoms with Crippen LogP contribution < -0.4 is 15.4 Å². The van der Waals surface area contributed by atoms with Crippen LogP contribution in [0.1, 0.15) is 29.2 Å². The lowest BCUT2D eigenvalue weighted by Crippen LogP contribution is -2.30. The second kappa shape index (κ2) is 11.9. The Hall–Kier alpha value is -3.48. The number of anilines is 1. The number of rotatable bonds is 9. The highest BCUT2D eigenvalue weighted by Gasteiger charge is 2.27. The molecule has 1 amide bonds. The van der Waals surface area contributed by atoms with E-state index in [0.717, 1.165) is 39.0 Å². The first-order valence-electron chi connectivity index (χ1n) is 12.6. The second-order valence-electron chi connectivity index (χ2n) is 9.09. The molecule has 0 aromatic heterocycles. The van der Waals surface area contributed by atoms with Crippen molar-refractivity contribution in [2.24, 2.45) is 0 Å². The molecule has 1 heterocycles. The first-order valence-corrected chi connectivity index (χ1v) is 14.3. The maximum absolute atomic E-state index is 12.7. The fourth-order valence-electron chi connectivity index (χ4n) is 4.50. The number of allylic oxidation sites excluding steroid dienone is 1. The molecule has 4 aromatic rings. The summed E-state index contributed by atoms with van der Waals surface area (Å²) in [5.74, 6) is 0.703. The third kappa shape index (κ3) is 5.98. The summed E-state index contributed by atoms with van der Waals surface area (Å²) in [6.45, 7) is 6.52. The van der Waals surface area contributed by atoms with Gasteiger partial charge < -0.3 is 15.4 Å². The van der Waals surface area contributed by atoms with E-state index in [9.17, 15) is 4.79 Å². The minimum atomic E-state index is -0.222. The maximum Gasteiger partial charge on any atom is 0.260 e. The van der Waals surface area contributed by atoms with Crippen molar-refractivity contribution in [3.05, 3.63) is 123 Å². The van der Waals surface area contributed by atoms with E-state index in [4.69, 9.17) is 4.74 Å².